The third-order valence-corrected chi connectivity index (χ3v) is 3.99. The van der Waals surface area contributed by atoms with E-state index in [1.54, 1.807) is 36.4 Å². The SMILES string of the molecule is O=C(CNC(=O)c1ccc(Br)cc1)NNC(=O)c1ccc2c(c1)OCO2. The minimum Gasteiger partial charge on any atom is -0.454 e. The molecule has 3 N–H and O–H groups in total. The predicted molar refractivity (Wildman–Crippen MR) is 94.6 cm³/mol. The third kappa shape index (κ3) is 4.31. The van der Waals surface area contributed by atoms with E-state index in [0.717, 1.165) is 4.47 Å². The topological polar surface area (TPSA) is 106 Å². The summed E-state index contributed by atoms with van der Waals surface area (Å²) in [6.07, 6.45) is 0. The molecular formula is C17H14BrN3O5. The molecule has 1 aliphatic rings. The zero-order chi connectivity index (χ0) is 18.5. The number of ether oxygens (including phenoxy) is 2. The maximum Gasteiger partial charge on any atom is 0.269 e. The van der Waals surface area contributed by atoms with Crippen LogP contribution in [0.1, 0.15) is 20.7 Å². The summed E-state index contributed by atoms with van der Waals surface area (Å²) in [6.45, 7) is -0.175. The molecule has 0 saturated carbocycles. The number of carbonyl (C=O) groups excluding carboxylic acids is 3. The van der Waals surface area contributed by atoms with Gasteiger partial charge in [0.25, 0.3) is 17.7 Å². The molecule has 2 aromatic rings. The van der Waals surface area contributed by atoms with Crippen molar-refractivity contribution in [1.29, 1.82) is 0 Å². The van der Waals surface area contributed by atoms with Gasteiger partial charge in [-0.2, -0.15) is 0 Å². The van der Waals surface area contributed by atoms with Crippen molar-refractivity contribution >= 4 is 33.7 Å². The number of halogens is 1. The largest absolute Gasteiger partial charge is 0.454 e. The third-order valence-electron chi connectivity index (χ3n) is 3.47. The normalized spacial score (nSPS) is 11.6. The molecule has 3 amide bonds. The lowest BCUT2D eigenvalue weighted by molar-refractivity contribution is -0.120. The molecule has 134 valence electrons. The van der Waals surface area contributed by atoms with Gasteiger partial charge in [-0.3, -0.25) is 25.2 Å². The Labute approximate surface area is 157 Å². The second kappa shape index (κ2) is 7.87. The van der Waals surface area contributed by atoms with Crippen LogP contribution in [0.2, 0.25) is 0 Å². The Morgan fingerprint density at radius 2 is 1.58 bits per heavy atom. The fraction of sp³-hybridized carbons (Fsp3) is 0.118. The molecule has 0 radical (unpaired) electrons. The van der Waals surface area contributed by atoms with E-state index < -0.39 is 17.7 Å². The van der Waals surface area contributed by atoms with Crippen LogP contribution in [0, 0.1) is 0 Å². The van der Waals surface area contributed by atoms with Gasteiger partial charge in [-0.25, -0.2) is 0 Å². The predicted octanol–water partition coefficient (Wildman–Crippen LogP) is 1.37. The molecule has 3 rings (SSSR count). The van der Waals surface area contributed by atoms with Crippen LogP contribution in [-0.4, -0.2) is 31.1 Å². The number of hydrogen-bond donors (Lipinski definition) is 3. The summed E-state index contributed by atoms with van der Waals surface area (Å²) in [5, 5.41) is 2.46. The van der Waals surface area contributed by atoms with Gasteiger partial charge in [-0.05, 0) is 42.5 Å². The van der Waals surface area contributed by atoms with Crippen LogP contribution in [0.5, 0.6) is 11.5 Å². The summed E-state index contributed by atoms with van der Waals surface area (Å²) in [7, 11) is 0. The summed E-state index contributed by atoms with van der Waals surface area (Å²) in [6, 6.07) is 11.4. The Morgan fingerprint density at radius 3 is 2.35 bits per heavy atom. The van der Waals surface area contributed by atoms with Gasteiger partial charge < -0.3 is 14.8 Å². The summed E-state index contributed by atoms with van der Waals surface area (Å²) in [4.78, 5) is 35.7. The number of carbonyl (C=O) groups is 3. The molecule has 0 atom stereocenters. The smallest absolute Gasteiger partial charge is 0.269 e. The number of rotatable bonds is 4. The van der Waals surface area contributed by atoms with Crippen LogP contribution in [-0.2, 0) is 4.79 Å². The van der Waals surface area contributed by atoms with Crippen molar-refractivity contribution in [3.05, 3.63) is 58.1 Å². The minimum absolute atomic E-state index is 0.106. The molecule has 1 heterocycles. The molecule has 9 heteroatoms. The second-order valence-corrected chi connectivity index (χ2v) is 6.18. The van der Waals surface area contributed by atoms with E-state index >= 15 is 0 Å². The van der Waals surface area contributed by atoms with Crippen molar-refractivity contribution in [3.8, 4) is 11.5 Å². The average molecular weight is 420 g/mol. The van der Waals surface area contributed by atoms with Crippen LogP contribution in [0.15, 0.2) is 46.9 Å². The number of hydrogen-bond acceptors (Lipinski definition) is 5. The fourth-order valence-corrected chi connectivity index (χ4v) is 2.41. The molecular weight excluding hydrogens is 406 g/mol. The van der Waals surface area contributed by atoms with Crippen molar-refractivity contribution in [3.63, 3.8) is 0 Å². The second-order valence-electron chi connectivity index (χ2n) is 5.26. The van der Waals surface area contributed by atoms with Gasteiger partial charge >= 0.3 is 0 Å². The molecule has 2 aromatic carbocycles. The fourth-order valence-electron chi connectivity index (χ4n) is 2.14. The monoisotopic (exact) mass is 419 g/mol. The minimum atomic E-state index is -0.565. The average Bonchev–Trinajstić information content (AvgIpc) is 3.12. The van der Waals surface area contributed by atoms with E-state index in [0.29, 0.717) is 22.6 Å². The molecule has 0 spiro atoms. The summed E-state index contributed by atoms with van der Waals surface area (Å²) >= 11 is 3.28. The molecule has 0 aliphatic carbocycles. The number of amides is 3. The number of benzene rings is 2. The van der Waals surface area contributed by atoms with Gasteiger partial charge in [0.05, 0.1) is 6.54 Å². The first-order valence-corrected chi connectivity index (χ1v) is 8.35. The Kier molecular flexibility index (Phi) is 5.37. The molecule has 0 aromatic heterocycles. The van der Waals surface area contributed by atoms with Crippen LogP contribution in [0.4, 0.5) is 0 Å². The standard InChI is InChI=1S/C17H14BrN3O5/c18-12-4-1-10(2-5-12)16(23)19-8-15(22)20-21-17(24)11-3-6-13-14(7-11)26-9-25-13/h1-7H,8-9H2,(H,19,23)(H,20,22)(H,21,24). The van der Waals surface area contributed by atoms with E-state index in [1.807, 2.05) is 0 Å². The zero-order valence-corrected chi connectivity index (χ0v) is 15.0. The van der Waals surface area contributed by atoms with Gasteiger partial charge in [0, 0.05) is 15.6 Å². The first kappa shape index (κ1) is 17.7. The van der Waals surface area contributed by atoms with E-state index in [2.05, 4.69) is 32.1 Å². The van der Waals surface area contributed by atoms with Gasteiger partial charge in [0.2, 0.25) is 6.79 Å². The van der Waals surface area contributed by atoms with E-state index in [4.69, 9.17) is 9.47 Å². The highest BCUT2D eigenvalue weighted by Crippen LogP contribution is 2.32. The number of hydrazine groups is 1. The van der Waals surface area contributed by atoms with Gasteiger partial charge in [-0.15, -0.1) is 0 Å². The maximum atomic E-state index is 12.0. The highest BCUT2D eigenvalue weighted by Gasteiger charge is 2.16. The van der Waals surface area contributed by atoms with Crippen LogP contribution < -0.4 is 25.6 Å². The first-order chi connectivity index (χ1) is 12.5. The van der Waals surface area contributed by atoms with Gasteiger partial charge in [0.1, 0.15) is 0 Å². The number of nitrogens with one attached hydrogen (secondary N) is 3. The van der Waals surface area contributed by atoms with Crippen LogP contribution >= 0.6 is 15.9 Å². The molecule has 26 heavy (non-hydrogen) atoms. The highest BCUT2D eigenvalue weighted by atomic mass is 79.9. The van der Waals surface area contributed by atoms with Gasteiger partial charge in [-0.1, -0.05) is 15.9 Å². The van der Waals surface area contributed by atoms with Crippen LogP contribution in [0.25, 0.3) is 0 Å². The van der Waals surface area contributed by atoms with Crippen molar-refractivity contribution in [2.24, 2.45) is 0 Å². The summed E-state index contributed by atoms with van der Waals surface area (Å²) in [5.41, 5.74) is 5.22. The van der Waals surface area contributed by atoms with Gasteiger partial charge in [0.15, 0.2) is 11.5 Å². The Balaban J connectivity index is 1.45. The first-order valence-electron chi connectivity index (χ1n) is 7.55. The summed E-state index contributed by atoms with van der Waals surface area (Å²) in [5.74, 6) is -0.456. The Bertz CT molecular complexity index is 854. The van der Waals surface area contributed by atoms with Crippen molar-refractivity contribution < 1.29 is 23.9 Å². The molecule has 1 aliphatic heterocycles. The highest BCUT2D eigenvalue weighted by molar-refractivity contribution is 9.10. The zero-order valence-electron chi connectivity index (χ0n) is 13.4. The lowest BCUT2D eigenvalue weighted by Gasteiger charge is -2.09. The molecule has 8 nitrogen and oxygen atoms in total. The summed E-state index contributed by atoms with van der Waals surface area (Å²) < 4.78 is 11.2. The van der Waals surface area contributed by atoms with E-state index in [9.17, 15) is 14.4 Å². The quantitative estimate of drug-likeness (QED) is 0.648. The van der Waals surface area contributed by atoms with Crippen molar-refractivity contribution in [1.82, 2.24) is 16.2 Å². The van der Waals surface area contributed by atoms with Crippen LogP contribution in [0.3, 0.4) is 0 Å². The molecule has 0 fully saturated rings. The maximum absolute atomic E-state index is 12.0. The number of fused-ring (bicyclic) bond motifs is 1. The Hall–Kier alpha value is -3.07. The van der Waals surface area contributed by atoms with E-state index in [1.165, 1.54) is 6.07 Å². The van der Waals surface area contributed by atoms with Crippen molar-refractivity contribution in [2.75, 3.05) is 13.3 Å². The lowest BCUT2D eigenvalue weighted by atomic mass is 10.2. The molecule has 0 saturated heterocycles. The molecule has 0 bridgehead atoms. The van der Waals surface area contributed by atoms with Crippen molar-refractivity contribution in [2.45, 2.75) is 0 Å². The Morgan fingerprint density at radius 1 is 0.885 bits per heavy atom. The van der Waals surface area contributed by atoms with E-state index in [-0.39, 0.29) is 13.3 Å². The molecule has 0 unspecified atom stereocenters. The lowest BCUT2D eigenvalue weighted by Crippen LogP contribution is -2.46.